The van der Waals surface area contributed by atoms with Crippen molar-refractivity contribution in [1.82, 2.24) is 14.9 Å². The summed E-state index contributed by atoms with van der Waals surface area (Å²) in [5.74, 6) is 1.11. The van der Waals surface area contributed by atoms with E-state index in [9.17, 15) is 4.79 Å². The predicted molar refractivity (Wildman–Crippen MR) is 76.5 cm³/mol. The third-order valence-corrected chi connectivity index (χ3v) is 4.61. The Morgan fingerprint density at radius 2 is 2.21 bits per heavy atom. The van der Waals surface area contributed by atoms with Crippen molar-refractivity contribution < 1.29 is 4.79 Å². The minimum Gasteiger partial charge on any atom is -0.362 e. The first-order valence-electron chi connectivity index (χ1n) is 6.26. The van der Waals surface area contributed by atoms with Crippen LogP contribution in [0.5, 0.6) is 0 Å². The highest BCUT2D eigenvalue weighted by Gasteiger charge is 2.25. The molecular weight excluding hydrogens is 260 g/mol. The lowest BCUT2D eigenvalue weighted by molar-refractivity contribution is -0.129. The topological polar surface area (TPSA) is 49.3 Å². The SMILES string of the molecule is CC(=O)N1CCc2c(sc3ncnc(N(C)C)c23)C1. The number of hydrogen-bond donors (Lipinski definition) is 0. The fourth-order valence-electron chi connectivity index (χ4n) is 2.52. The normalized spacial score (nSPS) is 14.6. The van der Waals surface area contributed by atoms with Crippen LogP contribution in [0.3, 0.4) is 0 Å². The van der Waals surface area contributed by atoms with Gasteiger partial charge in [-0.05, 0) is 12.0 Å². The average Bonchev–Trinajstić information content (AvgIpc) is 2.75. The van der Waals surface area contributed by atoms with E-state index in [-0.39, 0.29) is 5.91 Å². The Labute approximate surface area is 115 Å². The molecule has 1 aliphatic rings. The van der Waals surface area contributed by atoms with Gasteiger partial charge in [0.25, 0.3) is 0 Å². The number of anilines is 1. The van der Waals surface area contributed by atoms with Gasteiger partial charge in [-0.2, -0.15) is 0 Å². The summed E-state index contributed by atoms with van der Waals surface area (Å²) in [6, 6.07) is 0. The Hall–Kier alpha value is -1.69. The number of rotatable bonds is 1. The summed E-state index contributed by atoms with van der Waals surface area (Å²) < 4.78 is 0. The van der Waals surface area contributed by atoms with Gasteiger partial charge in [0, 0.05) is 32.4 Å². The van der Waals surface area contributed by atoms with Gasteiger partial charge in [-0.1, -0.05) is 0 Å². The third-order valence-electron chi connectivity index (χ3n) is 3.49. The van der Waals surface area contributed by atoms with Gasteiger partial charge < -0.3 is 9.80 Å². The van der Waals surface area contributed by atoms with E-state index >= 15 is 0 Å². The molecule has 0 radical (unpaired) electrons. The number of hydrogen-bond acceptors (Lipinski definition) is 5. The van der Waals surface area contributed by atoms with Crippen LogP contribution in [0.25, 0.3) is 10.2 Å². The summed E-state index contributed by atoms with van der Waals surface area (Å²) in [5.41, 5.74) is 1.32. The van der Waals surface area contributed by atoms with Gasteiger partial charge >= 0.3 is 0 Å². The summed E-state index contributed by atoms with van der Waals surface area (Å²) in [5, 5.41) is 1.16. The second-order valence-electron chi connectivity index (χ2n) is 4.97. The molecule has 0 atom stereocenters. The molecule has 3 rings (SSSR count). The Morgan fingerprint density at radius 1 is 1.42 bits per heavy atom. The van der Waals surface area contributed by atoms with Crippen molar-refractivity contribution in [3.8, 4) is 0 Å². The highest BCUT2D eigenvalue weighted by atomic mass is 32.1. The molecule has 1 aliphatic heterocycles. The second-order valence-corrected chi connectivity index (χ2v) is 6.05. The zero-order valence-corrected chi connectivity index (χ0v) is 12.1. The fraction of sp³-hybridized carbons (Fsp3) is 0.462. The molecule has 3 heterocycles. The summed E-state index contributed by atoms with van der Waals surface area (Å²) in [7, 11) is 3.99. The maximum absolute atomic E-state index is 11.5. The summed E-state index contributed by atoms with van der Waals surface area (Å²) in [6.45, 7) is 3.12. The molecule has 2 aromatic heterocycles. The van der Waals surface area contributed by atoms with Crippen molar-refractivity contribution in [1.29, 1.82) is 0 Å². The van der Waals surface area contributed by atoms with E-state index in [4.69, 9.17) is 0 Å². The fourth-order valence-corrected chi connectivity index (χ4v) is 3.72. The predicted octanol–water partition coefficient (Wildman–Crippen LogP) is 1.66. The van der Waals surface area contributed by atoms with Crippen LogP contribution in [0, 0.1) is 0 Å². The van der Waals surface area contributed by atoms with Gasteiger partial charge in [-0.15, -0.1) is 11.3 Å². The molecule has 0 N–H and O–H groups in total. The van der Waals surface area contributed by atoms with Crippen LogP contribution in [0.4, 0.5) is 5.82 Å². The van der Waals surface area contributed by atoms with Crippen molar-refractivity contribution in [3.05, 3.63) is 16.8 Å². The van der Waals surface area contributed by atoms with E-state index in [1.165, 1.54) is 10.4 Å². The van der Waals surface area contributed by atoms with Crippen molar-refractivity contribution in [3.63, 3.8) is 0 Å². The molecule has 1 amide bonds. The number of thiophene rings is 1. The first-order valence-corrected chi connectivity index (χ1v) is 7.07. The highest BCUT2D eigenvalue weighted by molar-refractivity contribution is 7.19. The van der Waals surface area contributed by atoms with Gasteiger partial charge in [-0.25, -0.2) is 9.97 Å². The number of amides is 1. The van der Waals surface area contributed by atoms with Gasteiger partial charge in [0.2, 0.25) is 5.91 Å². The number of fused-ring (bicyclic) bond motifs is 3. The van der Waals surface area contributed by atoms with Crippen LogP contribution in [0.15, 0.2) is 6.33 Å². The zero-order chi connectivity index (χ0) is 13.6. The molecule has 6 heteroatoms. The average molecular weight is 276 g/mol. The van der Waals surface area contributed by atoms with Gasteiger partial charge in [0.1, 0.15) is 17.0 Å². The molecule has 0 saturated heterocycles. The standard InChI is InChI=1S/C13H16N4OS/c1-8(18)17-5-4-9-10(6-17)19-13-11(9)12(16(2)3)14-7-15-13/h7H,4-6H2,1-3H3. The molecule has 0 fully saturated rings. The molecule has 5 nitrogen and oxygen atoms in total. The van der Waals surface area contributed by atoms with Crippen LogP contribution in [0.2, 0.25) is 0 Å². The third kappa shape index (κ3) is 1.96. The zero-order valence-electron chi connectivity index (χ0n) is 11.3. The van der Waals surface area contributed by atoms with E-state index < -0.39 is 0 Å². The molecule has 0 spiro atoms. The van der Waals surface area contributed by atoms with Crippen LogP contribution in [-0.4, -0.2) is 41.4 Å². The lowest BCUT2D eigenvalue weighted by Gasteiger charge is -2.26. The molecule has 0 aromatic carbocycles. The highest BCUT2D eigenvalue weighted by Crippen LogP contribution is 2.37. The van der Waals surface area contributed by atoms with Gasteiger partial charge in [-0.3, -0.25) is 4.79 Å². The van der Waals surface area contributed by atoms with Crippen molar-refractivity contribution in [2.45, 2.75) is 19.9 Å². The molecule has 0 saturated carbocycles. The molecule has 100 valence electrons. The Bertz CT molecular complexity index is 649. The molecule has 0 unspecified atom stereocenters. The van der Waals surface area contributed by atoms with Gasteiger partial charge in [0.05, 0.1) is 11.9 Å². The van der Waals surface area contributed by atoms with Crippen LogP contribution in [-0.2, 0) is 17.8 Å². The Kier molecular flexibility index (Phi) is 2.89. The maximum Gasteiger partial charge on any atom is 0.219 e. The van der Waals surface area contributed by atoms with Crippen molar-refractivity contribution in [2.24, 2.45) is 0 Å². The molecule has 0 bridgehead atoms. The largest absolute Gasteiger partial charge is 0.362 e. The lowest BCUT2D eigenvalue weighted by atomic mass is 10.0. The van der Waals surface area contributed by atoms with Crippen molar-refractivity contribution >= 4 is 33.3 Å². The first kappa shape index (κ1) is 12.3. The number of carbonyl (C=O) groups excluding carboxylic acids is 1. The number of nitrogens with zero attached hydrogens (tertiary/aromatic N) is 4. The summed E-state index contributed by atoms with van der Waals surface area (Å²) >= 11 is 1.68. The second kappa shape index (κ2) is 4.45. The van der Waals surface area contributed by atoms with E-state index in [2.05, 4.69) is 9.97 Å². The van der Waals surface area contributed by atoms with Gasteiger partial charge in [0.15, 0.2) is 0 Å². The Morgan fingerprint density at radius 3 is 2.89 bits per heavy atom. The van der Waals surface area contributed by atoms with Crippen LogP contribution >= 0.6 is 11.3 Å². The van der Waals surface area contributed by atoms with E-state index in [0.717, 1.165) is 29.0 Å². The van der Waals surface area contributed by atoms with Crippen molar-refractivity contribution in [2.75, 3.05) is 25.5 Å². The maximum atomic E-state index is 11.5. The van der Waals surface area contributed by atoms with Crippen LogP contribution < -0.4 is 4.90 Å². The van der Waals surface area contributed by atoms with E-state index in [1.807, 2.05) is 23.9 Å². The number of aromatic nitrogens is 2. The smallest absolute Gasteiger partial charge is 0.219 e. The minimum atomic E-state index is 0.141. The molecular formula is C13H16N4OS. The van der Waals surface area contributed by atoms with E-state index in [1.54, 1.807) is 24.6 Å². The minimum absolute atomic E-state index is 0.141. The molecule has 2 aromatic rings. The lowest BCUT2D eigenvalue weighted by Crippen LogP contribution is -2.33. The molecule has 0 aliphatic carbocycles. The summed E-state index contributed by atoms with van der Waals surface area (Å²) in [4.78, 5) is 26.4. The first-order chi connectivity index (χ1) is 9.08. The quantitative estimate of drug-likeness (QED) is 0.795. The Balaban J connectivity index is 2.15. The van der Waals surface area contributed by atoms with Crippen LogP contribution in [0.1, 0.15) is 17.4 Å². The monoisotopic (exact) mass is 276 g/mol. The summed E-state index contributed by atoms with van der Waals surface area (Å²) in [6.07, 6.45) is 2.51. The molecule has 19 heavy (non-hydrogen) atoms. The number of carbonyl (C=O) groups is 1. The van der Waals surface area contributed by atoms with E-state index in [0.29, 0.717) is 6.54 Å².